The Morgan fingerprint density at radius 1 is 0.905 bits per heavy atom. The zero-order valence-electron chi connectivity index (χ0n) is 12.2. The van der Waals surface area contributed by atoms with Gasteiger partial charge in [0.25, 0.3) is 0 Å². The van der Waals surface area contributed by atoms with E-state index in [2.05, 4.69) is 33.7 Å². The smallest absolute Gasteiger partial charge is 0.224 e. The number of aromatic nitrogens is 1. The van der Waals surface area contributed by atoms with Crippen LogP contribution in [0.2, 0.25) is 0 Å². The first kappa shape index (κ1) is 13.7. The number of benzene rings is 1. The van der Waals surface area contributed by atoms with Crippen molar-refractivity contribution >= 4 is 11.6 Å². The van der Waals surface area contributed by atoms with Gasteiger partial charge in [-0.05, 0) is 24.3 Å². The summed E-state index contributed by atoms with van der Waals surface area (Å²) in [6.45, 7) is 4.24. The third-order valence-electron chi connectivity index (χ3n) is 4.00. The second-order valence-electron chi connectivity index (χ2n) is 5.37. The van der Waals surface area contributed by atoms with Crippen molar-refractivity contribution in [2.45, 2.75) is 13.0 Å². The number of amides is 1. The van der Waals surface area contributed by atoms with E-state index < -0.39 is 0 Å². The zero-order chi connectivity index (χ0) is 14.5. The van der Waals surface area contributed by atoms with E-state index in [1.54, 1.807) is 0 Å². The number of hydrogen-bond acceptors (Lipinski definition) is 2. The Morgan fingerprint density at radius 2 is 1.57 bits per heavy atom. The molecular formula is C17H21N3O. The van der Waals surface area contributed by atoms with Gasteiger partial charge >= 0.3 is 0 Å². The summed E-state index contributed by atoms with van der Waals surface area (Å²) in [5, 5.41) is 0. The van der Waals surface area contributed by atoms with Crippen LogP contribution in [0, 0.1) is 0 Å². The predicted molar refractivity (Wildman–Crippen MR) is 84.3 cm³/mol. The van der Waals surface area contributed by atoms with Gasteiger partial charge < -0.3 is 14.4 Å². The molecule has 4 nitrogen and oxygen atoms in total. The van der Waals surface area contributed by atoms with Crippen LogP contribution in [0.3, 0.4) is 0 Å². The fourth-order valence-electron chi connectivity index (χ4n) is 2.75. The standard InChI is InChI=1S/C17H21N3O/c21-17(8-11-18-9-4-5-10-18)20-14-12-19(13-15-20)16-6-2-1-3-7-16/h1-7,9-10H,8,11-15H2. The lowest BCUT2D eigenvalue weighted by atomic mass is 10.2. The molecule has 0 unspecified atom stereocenters. The summed E-state index contributed by atoms with van der Waals surface area (Å²) >= 11 is 0. The van der Waals surface area contributed by atoms with Gasteiger partial charge in [0, 0.05) is 57.2 Å². The number of carbonyl (C=O) groups excluding carboxylic acids is 1. The van der Waals surface area contributed by atoms with Crippen LogP contribution in [0.5, 0.6) is 0 Å². The Bertz CT molecular complexity index is 557. The maximum absolute atomic E-state index is 12.2. The second kappa shape index (κ2) is 6.48. The van der Waals surface area contributed by atoms with Gasteiger partial charge in [0.2, 0.25) is 5.91 Å². The van der Waals surface area contributed by atoms with Gasteiger partial charge in [-0.15, -0.1) is 0 Å². The molecule has 1 fully saturated rings. The molecule has 3 rings (SSSR count). The molecule has 2 heterocycles. The maximum Gasteiger partial charge on any atom is 0.224 e. The third kappa shape index (κ3) is 3.45. The first-order valence-corrected chi connectivity index (χ1v) is 7.51. The number of para-hydroxylation sites is 1. The fraction of sp³-hybridized carbons (Fsp3) is 0.353. The summed E-state index contributed by atoms with van der Waals surface area (Å²) in [5.41, 5.74) is 1.25. The molecule has 0 spiro atoms. The number of anilines is 1. The maximum atomic E-state index is 12.2. The van der Waals surface area contributed by atoms with Crippen molar-refractivity contribution < 1.29 is 4.79 Å². The van der Waals surface area contributed by atoms with Crippen LogP contribution in [0.25, 0.3) is 0 Å². The van der Waals surface area contributed by atoms with Gasteiger partial charge in [0.1, 0.15) is 0 Å². The van der Waals surface area contributed by atoms with E-state index in [0.717, 1.165) is 32.7 Å². The number of carbonyl (C=O) groups is 1. The molecule has 0 saturated carbocycles. The molecule has 21 heavy (non-hydrogen) atoms. The molecule has 1 aliphatic heterocycles. The Kier molecular flexibility index (Phi) is 4.24. The molecule has 0 bridgehead atoms. The van der Waals surface area contributed by atoms with Gasteiger partial charge in [-0.3, -0.25) is 4.79 Å². The molecule has 1 aromatic carbocycles. The van der Waals surface area contributed by atoms with E-state index in [0.29, 0.717) is 6.42 Å². The summed E-state index contributed by atoms with van der Waals surface area (Å²) in [7, 11) is 0. The summed E-state index contributed by atoms with van der Waals surface area (Å²) < 4.78 is 2.05. The zero-order valence-corrected chi connectivity index (χ0v) is 12.2. The molecule has 4 heteroatoms. The minimum Gasteiger partial charge on any atom is -0.368 e. The summed E-state index contributed by atoms with van der Waals surface area (Å²) in [4.78, 5) is 16.6. The molecule has 0 N–H and O–H groups in total. The Labute approximate surface area is 125 Å². The van der Waals surface area contributed by atoms with Crippen LogP contribution in [0.1, 0.15) is 6.42 Å². The number of aryl methyl sites for hydroxylation is 1. The van der Waals surface area contributed by atoms with E-state index in [9.17, 15) is 4.79 Å². The van der Waals surface area contributed by atoms with Crippen molar-refractivity contribution in [2.24, 2.45) is 0 Å². The molecule has 110 valence electrons. The average molecular weight is 283 g/mol. The topological polar surface area (TPSA) is 28.5 Å². The highest BCUT2D eigenvalue weighted by Gasteiger charge is 2.20. The van der Waals surface area contributed by atoms with Gasteiger partial charge in [0.05, 0.1) is 0 Å². The van der Waals surface area contributed by atoms with Crippen molar-refractivity contribution in [1.29, 1.82) is 0 Å². The normalized spacial score (nSPS) is 15.2. The monoisotopic (exact) mass is 283 g/mol. The molecule has 0 atom stereocenters. The molecule has 1 aromatic heterocycles. The highest BCUT2D eigenvalue weighted by atomic mass is 16.2. The molecule has 0 radical (unpaired) electrons. The summed E-state index contributed by atoms with van der Waals surface area (Å²) in [6, 6.07) is 14.4. The number of nitrogens with zero attached hydrogens (tertiary/aromatic N) is 3. The van der Waals surface area contributed by atoms with Crippen molar-refractivity contribution in [1.82, 2.24) is 9.47 Å². The van der Waals surface area contributed by atoms with Crippen LogP contribution in [0.15, 0.2) is 54.9 Å². The third-order valence-corrected chi connectivity index (χ3v) is 4.00. The number of rotatable bonds is 4. The van der Waals surface area contributed by atoms with Crippen LogP contribution in [-0.4, -0.2) is 41.6 Å². The largest absolute Gasteiger partial charge is 0.368 e. The Balaban J connectivity index is 1.48. The van der Waals surface area contributed by atoms with Crippen LogP contribution in [-0.2, 0) is 11.3 Å². The average Bonchev–Trinajstić information content (AvgIpc) is 3.07. The van der Waals surface area contributed by atoms with Crippen molar-refractivity contribution in [3.63, 3.8) is 0 Å². The van der Waals surface area contributed by atoms with Crippen LogP contribution < -0.4 is 4.90 Å². The van der Waals surface area contributed by atoms with Gasteiger partial charge in [-0.2, -0.15) is 0 Å². The first-order valence-electron chi connectivity index (χ1n) is 7.51. The Morgan fingerprint density at radius 3 is 2.24 bits per heavy atom. The SMILES string of the molecule is O=C(CCn1cccc1)N1CCN(c2ccccc2)CC1. The quantitative estimate of drug-likeness (QED) is 0.861. The summed E-state index contributed by atoms with van der Waals surface area (Å²) in [5.74, 6) is 0.261. The second-order valence-corrected chi connectivity index (χ2v) is 5.37. The van der Waals surface area contributed by atoms with E-state index >= 15 is 0 Å². The summed E-state index contributed by atoms with van der Waals surface area (Å²) in [6.07, 6.45) is 4.58. The van der Waals surface area contributed by atoms with E-state index in [4.69, 9.17) is 0 Å². The van der Waals surface area contributed by atoms with Crippen LogP contribution in [0.4, 0.5) is 5.69 Å². The molecule has 1 saturated heterocycles. The number of piperazine rings is 1. The van der Waals surface area contributed by atoms with Gasteiger partial charge in [-0.1, -0.05) is 18.2 Å². The predicted octanol–water partition coefficient (Wildman–Crippen LogP) is 2.23. The molecule has 1 amide bonds. The van der Waals surface area contributed by atoms with Crippen LogP contribution >= 0.6 is 0 Å². The molecule has 1 aliphatic rings. The lowest BCUT2D eigenvalue weighted by Crippen LogP contribution is -2.48. The van der Waals surface area contributed by atoms with Crippen molar-refractivity contribution in [3.05, 3.63) is 54.9 Å². The molecule has 2 aromatic rings. The van der Waals surface area contributed by atoms with Crippen molar-refractivity contribution in [2.75, 3.05) is 31.1 Å². The highest BCUT2D eigenvalue weighted by molar-refractivity contribution is 5.76. The minimum absolute atomic E-state index is 0.261. The highest BCUT2D eigenvalue weighted by Crippen LogP contribution is 2.15. The lowest BCUT2D eigenvalue weighted by Gasteiger charge is -2.36. The van der Waals surface area contributed by atoms with Crippen molar-refractivity contribution in [3.8, 4) is 0 Å². The lowest BCUT2D eigenvalue weighted by molar-refractivity contribution is -0.131. The van der Waals surface area contributed by atoms with Gasteiger partial charge in [-0.25, -0.2) is 0 Å². The number of hydrogen-bond donors (Lipinski definition) is 0. The first-order chi connectivity index (χ1) is 10.3. The molecule has 0 aliphatic carbocycles. The van der Waals surface area contributed by atoms with E-state index in [-0.39, 0.29) is 5.91 Å². The van der Waals surface area contributed by atoms with E-state index in [1.165, 1.54) is 5.69 Å². The fourth-order valence-corrected chi connectivity index (χ4v) is 2.75. The Hall–Kier alpha value is -2.23. The molecular weight excluding hydrogens is 262 g/mol. The minimum atomic E-state index is 0.261. The van der Waals surface area contributed by atoms with E-state index in [1.807, 2.05) is 35.5 Å². The van der Waals surface area contributed by atoms with Gasteiger partial charge in [0.15, 0.2) is 0 Å².